The van der Waals surface area contributed by atoms with Crippen molar-refractivity contribution < 1.29 is 37.2 Å². The molecule has 0 spiro atoms. The highest BCUT2D eigenvalue weighted by Gasteiger charge is 2.62. The summed E-state index contributed by atoms with van der Waals surface area (Å²) in [5.74, 6) is -1.23. The van der Waals surface area contributed by atoms with Crippen LogP contribution in [0, 0.1) is 20.8 Å². The van der Waals surface area contributed by atoms with Gasteiger partial charge in [-0.25, -0.2) is 5.06 Å². The van der Waals surface area contributed by atoms with Crippen molar-refractivity contribution >= 4 is 23.9 Å². The Bertz CT molecular complexity index is 1270. The van der Waals surface area contributed by atoms with Crippen molar-refractivity contribution in [1.29, 1.82) is 0 Å². The van der Waals surface area contributed by atoms with Gasteiger partial charge >= 0.3 is 6.18 Å². The fraction of sp³-hybridized carbons (Fsp3) is 0.385. The minimum atomic E-state index is -4.74. The number of rotatable bonds is 6. The molecule has 11 heteroatoms. The molecule has 0 radical (unpaired) electrons. The fourth-order valence-corrected chi connectivity index (χ4v) is 4.66. The number of benzene rings is 2. The summed E-state index contributed by atoms with van der Waals surface area (Å²) in [7, 11) is 0. The largest absolute Gasteiger partial charge is 0.435 e. The lowest BCUT2D eigenvalue weighted by atomic mass is 9.85. The minimum absolute atomic E-state index is 0.0361. The van der Waals surface area contributed by atoms with Crippen LogP contribution in [0.4, 0.5) is 13.2 Å². The van der Waals surface area contributed by atoms with E-state index in [9.17, 15) is 27.6 Å². The molecule has 1 saturated heterocycles. The zero-order chi connectivity index (χ0) is 27.1. The van der Waals surface area contributed by atoms with E-state index in [4.69, 9.17) is 9.68 Å². The van der Waals surface area contributed by atoms with E-state index in [-0.39, 0.29) is 36.4 Å². The molecule has 0 N–H and O–H groups in total. The number of halogens is 3. The summed E-state index contributed by atoms with van der Waals surface area (Å²) >= 11 is 0. The molecule has 0 aliphatic carbocycles. The van der Waals surface area contributed by atoms with E-state index >= 15 is 0 Å². The minimum Gasteiger partial charge on any atom is -0.374 e. The van der Waals surface area contributed by atoms with E-state index in [1.54, 1.807) is 33.8 Å². The van der Waals surface area contributed by atoms with Crippen LogP contribution in [-0.2, 0) is 24.9 Å². The fourth-order valence-electron chi connectivity index (χ4n) is 4.66. The Labute approximate surface area is 211 Å². The first-order valence-corrected chi connectivity index (χ1v) is 11.7. The first-order chi connectivity index (χ1) is 17.4. The summed E-state index contributed by atoms with van der Waals surface area (Å²) in [6.45, 7) is 6.81. The summed E-state index contributed by atoms with van der Waals surface area (Å²) in [6, 6.07) is 7.91. The maximum Gasteiger partial charge on any atom is 0.435 e. The Morgan fingerprint density at radius 3 is 2.41 bits per heavy atom. The van der Waals surface area contributed by atoms with Gasteiger partial charge in [0.25, 0.3) is 17.4 Å². The molecule has 3 amide bonds. The summed E-state index contributed by atoms with van der Waals surface area (Å²) in [5, 5.41) is 4.87. The van der Waals surface area contributed by atoms with Crippen LogP contribution in [0.5, 0.6) is 0 Å². The van der Waals surface area contributed by atoms with E-state index in [2.05, 4.69) is 5.16 Å². The predicted molar refractivity (Wildman–Crippen MR) is 126 cm³/mol. The van der Waals surface area contributed by atoms with E-state index in [0.29, 0.717) is 22.3 Å². The van der Waals surface area contributed by atoms with Gasteiger partial charge in [0.15, 0.2) is 0 Å². The van der Waals surface area contributed by atoms with E-state index in [1.165, 1.54) is 30.3 Å². The van der Waals surface area contributed by atoms with E-state index in [0.717, 1.165) is 9.96 Å². The number of carbonyl (C=O) groups excluding carboxylic acids is 3. The number of nitrogens with zero attached hydrogens (tertiary/aromatic N) is 3. The van der Waals surface area contributed by atoms with Crippen LogP contribution in [0.3, 0.4) is 0 Å². The van der Waals surface area contributed by atoms with Crippen molar-refractivity contribution in [3.8, 4) is 0 Å². The van der Waals surface area contributed by atoms with Crippen LogP contribution < -0.4 is 0 Å². The average Bonchev–Trinajstić information content (AvgIpc) is 3.44. The van der Waals surface area contributed by atoms with Gasteiger partial charge in [-0.2, -0.15) is 13.2 Å². The van der Waals surface area contributed by atoms with Crippen molar-refractivity contribution in [2.75, 3.05) is 13.2 Å². The lowest BCUT2D eigenvalue weighted by molar-refractivity contribution is -0.275. The summed E-state index contributed by atoms with van der Waals surface area (Å²) < 4.78 is 43.0. The highest BCUT2D eigenvalue weighted by atomic mass is 19.4. The third kappa shape index (κ3) is 4.59. The molecule has 0 bridgehead atoms. The van der Waals surface area contributed by atoms with Crippen molar-refractivity contribution in [2.24, 2.45) is 5.16 Å². The SMILES string of the molecule is CCN1OCC(N(C=O)C(=O)c2ccc(C3=NOC(c4cc(C)cc(C)c4)(C(F)(F)F)C3)cc2C)C1=O. The molecule has 2 atom stereocenters. The first kappa shape index (κ1) is 26.3. The number of imide groups is 1. The molecular formula is C26H26F3N3O5. The Morgan fingerprint density at radius 2 is 1.86 bits per heavy atom. The van der Waals surface area contributed by atoms with Crippen LogP contribution in [0.1, 0.15) is 51.5 Å². The molecule has 2 aliphatic heterocycles. The first-order valence-electron chi connectivity index (χ1n) is 11.7. The quantitative estimate of drug-likeness (QED) is 0.542. The molecule has 37 heavy (non-hydrogen) atoms. The molecule has 8 nitrogen and oxygen atoms in total. The van der Waals surface area contributed by atoms with Crippen LogP contribution in [-0.4, -0.2) is 59.3 Å². The number of carbonyl (C=O) groups is 3. The topological polar surface area (TPSA) is 88.5 Å². The number of amides is 3. The van der Waals surface area contributed by atoms with Gasteiger partial charge in [0.2, 0.25) is 6.41 Å². The van der Waals surface area contributed by atoms with Gasteiger partial charge in [-0.15, -0.1) is 0 Å². The molecule has 2 aliphatic rings. The maximum atomic E-state index is 14.3. The zero-order valence-corrected chi connectivity index (χ0v) is 20.8. The summed E-state index contributed by atoms with van der Waals surface area (Å²) in [6.07, 6.45) is -5.01. The van der Waals surface area contributed by atoms with Gasteiger partial charge in [-0.3, -0.25) is 24.1 Å². The molecule has 2 unspecified atom stereocenters. The second kappa shape index (κ2) is 9.62. The second-order valence-corrected chi connectivity index (χ2v) is 9.20. The van der Waals surface area contributed by atoms with Crippen LogP contribution in [0.25, 0.3) is 0 Å². The smallest absolute Gasteiger partial charge is 0.374 e. The van der Waals surface area contributed by atoms with Crippen molar-refractivity contribution in [1.82, 2.24) is 9.96 Å². The van der Waals surface area contributed by atoms with Gasteiger partial charge in [0.1, 0.15) is 12.6 Å². The Morgan fingerprint density at radius 1 is 1.19 bits per heavy atom. The summed E-state index contributed by atoms with van der Waals surface area (Å²) in [5.41, 5.74) is -0.399. The van der Waals surface area contributed by atoms with Gasteiger partial charge in [-0.1, -0.05) is 40.5 Å². The molecule has 0 saturated carbocycles. The highest BCUT2D eigenvalue weighted by Crippen LogP contribution is 2.49. The number of likely N-dealkylation sites (N-methyl/N-ethyl adjacent to an activating group) is 1. The number of hydroxylamine groups is 2. The molecule has 2 aromatic rings. The second-order valence-electron chi connectivity index (χ2n) is 9.20. The van der Waals surface area contributed by atoms with E-state index < -0.39 is 36.1 Å². The molecular weight excluding hydrogens is 491 g/mol. The van der Waals surface area contributed by atoms with Crippen molar-refractivity contribution in [3.05, 3.63) is 69.8 Å². The predicted octanol–water partition coefficient (Wildman–Crippen LogP) is 3.95. The average molecular weight is 518 g/mol. The van der Waals surface area contributed by atoms with Crippen LogP contribution in [0.15, 0.2) is 41.6 Å². The van der Waals surface area contributed by atoms with Crippen LogP contribution in [0.2, 0.25) is 0 Å². The standard InChI is InChI=1S/C26H26F3N3O5/c1-5-32-24(35)22(13-36-32)31(14-33)23(34)20-7-6-18(11-17(20)4)21-12-25(37-30-21,26(27,28)29)19-9-15(2)8-16(3)10-19/h6-11,14,22H,5,12-13H2,1-4H3. The maximum absolute atomic E-state index is 14.3. The molecule has 0 aromatic heterocycles. The van der Waals surface area contributed by atoms with E-state index in [1.807, 2.05) is 0 Å². The molecule has 4 rings (SSSR count). The number of aryl methyl sites for hydroxylation is 3. The third-order valence-electron chi connectivity index (χ3n) is 6.55. The third-order valence-corrected chi connectivity index (χ3v) is 6.55. The highest BCUT2D eigenvalue weighted by molar-refractivity contribution is 6.06. The Kier molecular flexibility index (Phi) is 6.85. The summed E-state index contributed by atoms with van der Waals surface area (Å²) in [4.78, 5) is 48.4. The van der Waals surface area contributed by atoms with Gasteiger partial charge in [0.05, 0.1) is 5.71 Å². The van der Waals surface area contributed by atoms with Gasteiger partial charge in [0, 0.05) is 24.1 Å². The number of hydrogen-bond donors (Lipinski definition) is 0. The number of oxime groups is 1. The Balaban J connectivity index is 1.61. The van der Waals surface area contributed by atoms with Crippen molar-refractivity contribution in [3.63, 3.8) is 0 Å². The monoisotopic (exact) mass is 517 g/mol. The van der Waals surface area contributed by atoms with Crippen molar-refractivity contribution in [2.45, 2.75) is 51.9 Å². The normalized spacial score (nSPS) is 21.6. The Hall–Kier alpha value is -3.73. The van der Waals surface area contributed by atoms with Crippen LogP contribution >= 0.6 is 0 Å². The molecule has 2 aromatic carbocycles. The van der Waals surface area contributed by atoms with Gasteiger partial charge < -0.3 is 4.84 Å². The number of hydrogen-bond acceptors (Lipinski definition) is 6. The molecule has 196 valence electrons. The molecule has 2 heterocycles. The van der Waals surface area contributed by atoms with Gasteiger partial charge in [-0.05, 0) is 51.0 Å². The zero-order valence-electron chi connectivity index (χ0n) is 20.8. The lowest BCUT2D eigenvalue weighted by Crippen LogP contribution is -2.45. The lowest BCUT2D eigenvalue weighted by Gasteiger charge is -2.30. The molecule has 1 fully saturated rings. The number of alkyl halides is 3.